The number of piperidine rings is 1. The van der Waals surface area contributed by atoms with Gasteiger partial charge in [-0.25, -0.2) is 13.1 Å². The molecule has 2 atom stereocenters. The van der Waals surface area contributed by atoms with Crippen LogP contribution in [0.25, 0.3) is 0 Å². The molecule has 1 amide bonds. The second kappa shape index (κ2) is 7.00. The van der Waals surface area contributed by atoms with Crippen LogP contribution in [0.2, 0.25) is 0 Å². The first kappa shape index (κ1) is 16.9. The third kappa shape index (κ3) is 5.85. The summed E-state index contributed by atoms with van der Waals surface area (Å²) in [5.74, 6) is -1.32. The number of nitrogens with zero attached hydrogens (tertiary/aromatic N) is 1. The summed E-state index contributed by atoms with van der Waals surface area (Å²) >= 11 is 0. The summed E-state index contributed by atoms with van der Waals surface area (Å²) in [4.78, 5) is 24.0. The van der Waals surface area contributed by atoms with Crippen LogP contribution in [-0.4, -0.2) is 61.7 Å². The summed E-state index contributed by atoms with van der Waals surface area (Å²) in [5, 5.41) is 8.57. The Labute approximate surface area is 118 Å². The number of amides is 1. The Kier molecular flexibility index (Phi) is 5.90. The third-order valence-electron chi connectivity index (χ3n) is 3.10. The molecule has 20 heavy (non-hydrogen) atoms. The van der Waals surface area contributed by atoms with E-state index in [2.05, 4.69) is 4.72 Å². The SMILES string of the molecule is CS(=O)(=O)NC1CCCN(C(=O)C(N)CCC(=O)O)C1. The van der Waals surface area contributed by atoms with Crippen LogP contribution in [0.3, 0.4) is 0 Å². The molecule has 0 aliphatic carbocycles. The highest BCUT2D eigenvalue weighted by molar-refractivity contribution is 7.88. The van der Waals surface area contributed by atoms with E-state index in [0.29, 0.717) is 19.4 Å². The fraction of sp³-hybridized carbons (Fsp3) is 0.818. The van der Waals surface area contributed by atoms with E-state index in [0.717, 1.165) is 6.26 Å². The molecule has 8 nitrogen and oxygen atoms in total. The molecule has 1 aliphatic heterocycles. The van der Waals surface area contributed by atoms with Crippen molar-refractivity contribution in [2.75, 3.05) is 19.3 Å². The Morgan fingerprint density at radius 3 is 2.70 bits per heavy atom. The number of aliphatic carboxylic acids is 1. The van der Waals surface area contributed by atoms with Gasteiger partial charge in [0.2, 0.25) is 15.9 Å². The van der Waals surface area contributed by atoms with E-state index in [-0.39, 0.29) is 31.3 Å². The zero-order valence-corrected chi connectivity index (χ0v) is 12.2. The lowest BCUT2D eigenvalue weighted by atomic mass is 10.0. The van der Waals surface area contributed by atoms with Crippen molar-refractivity contribution in [3.05, 3.63) is 0 Å². The van der Waals surface area contributed by atoms with Crippen molar-refractivity contribution in [3.8, 4) is 0 Å². The van der Waals surface area contributed by atoms with Gasteiger partial charge in [0.1, 0.15) is 0 Å². The quantitative estimate of drug-likeness (QED) is 0.560. The minimum absolute atomic E-state index is 0.0782. The summed E-state index contributed by atoms with van der Waals surface area (Å²) in [6.45, 7) is 0.786. The minimum atomic E-state index is -3.31. The van der Waals surface area contributed by atoms with Crippen molar-refractivity contribution in [2.45, 2.75) is 37.8 Å². The average Bonchev–Trinajstić information content (AvgIpc) is 2.33. The van der Waals surface area contributed by atoms with Gasteiger partial charge in [0.05, 0.1) is 12.3 Å². The van der Waals surface area contributed by atoms with Crippen molar-refractivity contribution in [3.63, 3.8) is 0 Å². The van der Waals surface area contributed by atoms with Gasteiger partial charge in [0.15, 0.2) is 0 Å². The largest absolute Gasteiger partial charge is 0.481 e. The number of hydrogen-bond donors (Lipinski definition) is 3. The molecule has 0 spiro atoms. The van der Waals surface area contributed by atoms with Crippen molar-refractivity contribution < 1.29 is 23.1 Å². The van der Waals surface area contributed by atoms with Gasteiger partial charge in [-0.2, -0.15) is 0 Å². The molecular weight excluding hydrogens is 286 g/mol. The first-order valence-electron chi connectivity index (χ1n) is 6.42. The van der Waals surface area contributed by atoms with Gasteiger partial charge < -0.3 is 15.7 Å². The molecule has 1 heterocycles. The Hall–Kier alpha value is -1.19. The number of rotatable bonds is 6. The number of carbonyl (C=O) groups is 2. The number of likely N-dealkylation sites (tertiary alicyclic amines) is 1. The van der Waals surface area contributed by atoms with E-state index < -0.39 is 22.0 Å². The molecule has 9 heteroatoms. The standard InChI is InChI=1S/C11H21N3O5S/c1-20(18,19)13-8-3-2-6-14(7-8)11(17)9(12)4-5-10(15)16/h8-9,13H,2-7,12H2,1H3,(H,15,16). The van der Waals surface area contributed by atoms with Crippen LogP contribution in [-0.2, 0) is 19.6 Å². The molecule has 1 aliphatic rings. The maximum absolute atomic E-state index is 12.1. The molecule has 1 saturated heterocycles. The fourth-order valence-electron chi connectivity index (χ4n) is 2.21. The lowest BCUT2D eigenvalue weighted by molar-refractivity contribution is -0.138. The van der Waals surface area contributed by atoms with Crippen LogP contribution < -0.4 is 10.5 Å². The first-order valence-corrected chi connectivity index (χ1v) is 8.31. The highest BCUT2D eigenvalue weighted by Crippen LogP contribution is 2.13. The van der Waals surface area contributed by atoms with Crippen LogP contribution in [0, 0.1) is 0 Å². The smallest absolute Gasteiger partial charge is 0.303 e. The molecule has 1 fully saturated rings. The van der Waals surface area contributed by atoms with Gasteiger partial charge in [0.25, 0.3) is 0 Å². The van der Waals surface area contributed by atoms with Gasteiger partial charge in [0, 0.05) is 25.6 Å². The molecule has 0 aromatic rings. The van der Waals surface area contributed by atoms with Gasteiger partial charge >= 0.3 is 5.97 Å². The number of carboxylic acids is 1. The lowest BCUT2D eigenvalue weighted by Gasteiger charge is -2.34. The Balaban J connectivity index is 2.53. The number of carbonyl (C=O) groups excluding carboxylic acids is 1. The molecule has 0 aromatic carbocycles. The van der Waals surface area contributed by atoms with Crippen LogP contribution in [0.5, 0.6) is 0 Å². The predicted molar refractivity (Wildman–Crippen MR) is 72.4 cm³/mol. The van der Waals surface area contributed by atoms with Crippen LogP contribution >= 0.6 is 0 Å². The molecule has 0 aromatic heterocycles. The zero-order chi connectivity index (χ0) is 15.3. The third-order valence-corrected chi connectivity index (χ3v) is 3.86. The molecular formula is C11H21N3O5S. The molecule has 0 bridgehead atoms. The van der Waals surface area contributed by atoms with Crippen molar-refractivity contribution in [1.82, 2.24) is 9.62 Å². The van der Waals surface area contributed by atoms with Gasteiger partial charge in [-0.05, 0) is 19.3 Å². The number of nitrogens with one attached hydrogen (secondary N) is 1. The Bertz CT molecular complexity index is 465. The van der Waals surface area contributed by atoms with E-state index in [1.807, 2.05) is 0 Å². The monoisotopic (exact) mass is 307 g/mol. The predicted octanol–water partition coefficient (Wildman–Crippen LogP) is -1.28. The fourth-order valence-corrected chi connectivity index (χ4v) is 3.01. The average molecular weight is 307 g/mol. The highest BCUT2D eigenvalue weighted by Gasteiger charge is 2.28. The normalized spacial score (nSPS) is 21.5. The minimum Gasteiger partial charge on any atom is -0.481 e. The van der Waals surface area contributed by atoms with Crippen LogP contribution in [0.1, 0.15) is 25.7 Å². The summed E-state index contributed by atoms with van der Waals surface area (Å²) in [5.41, 5.74) is 5.68. The molecule has 2 unspecified atom stereocenters. The van der Waals surface area contributed by atoms with Crippen LogP contribution in [0.15, 0.2) is 0 Å². The lowest BCUT2D eigenvalue weighted by Crippen LogP contribution is -2.53. The molecule has 0 radical (unpaired) electrons. The summed E-state index contributed by atoms with van der Waals surface area (Å²) in [6.07, 6.45) is 2.35. The zero-order valence-electron chi connectivity index (χ0n) is 11.4. The first-order chi connectivity index (χ1) is 9.19. The maximum atomic E-state index is 12.1. The summed E-state index contributed by atoms with van der Waals surface area (Å²) in [7, 11) is -3.31. The van der Waals surface area contributed by atoms with Gasteiger partial charge in [-0.15, -0.1) is 0 Å². The molecule has 1 rings (SSSR count). The Morgan fingerprint density at radius 2 is 2.15 bits per heavy atom. The Morgan fingerprint density at radius 1 is 1.50 bits per heavy atom. The molecule has 0 saturated carbocycles. The van der Waals surface area contributed by atoms with Crippen LogP contribution in [0.4, 0.5) is 0 Å². The van der Waals surface area contributed by atoms with E-state index in [4.69, 9.17) is 10.8 Å². The second-order valence-electron chi connectivity index (χ2n) is 5.05. The van der Waals surface area contributed by atoms with E-state index in [1.165, 1.54) is 4.90 Å². The number of carboxylic acid groups (broad SMARTS) is 1. The van der Waals surface area contributed by atoms with Gasteiger partial charge in [-0.3, -0.25) is 9.59 Å². The number of hydrogen-bond acceptors (Lipinski definition) is 5. The number of sulfonamides is 1. The maximum Gasteiger partial charge on any atom is 0.303 e. The van der Waals surface area contributed by atoms with Gasteiger partial charge in [-0.1, -0.05) is 0 Å². The van der Waals surface area contributed by atoms with Crippen molar-refractivity contribution in [2.24, 2.45) is 5.73 Å². The molecule has 4 N–H and O–H groups in total. The van der Waals surface area contributed by atoms with E-state index >= 15 is 0 Å². The summed E-state index contributed by atoms with van der Waals surface area (Å²) in [6, 6.07) is -1.17. The van der Waals surface area contributed by atoms with Crippen molar-refractivity contribution in [1.29, 1.82) is 0 Å². The summed E-state index contributed by atoms with van der Waals surface area (Å²) < 4.78 is 24.8. The number of nitrogens with two attached hydrogens (primary N) is 1. The molecule has 116 valence electrons. The van der Waals surface area contributed by atoms with E-state index in [9.17, 15) is 18.0 Å². The van der Waals surface area contributed by atoms with E-state index in [1.54, 1.807) is 0 Å². The van der Waals surface area contributed by atoms with Crippen molar-refractivity contribution >= 4 is 21.9 Å². The topological polar surface area (TPSA) is 130 Å². The highest BCUT2D eigenvalue weighted by atomic mass is 32.2. The second-order valence-corrected chi connectivity index (χ2v) is 6.83.